The fourth-order valence-corrected chi connectivity index (χ4v) is 2.81. The first-order valence-corrected chi connectivity index (χ1v) is 5.27. The fourth-order valence-electron chi connectivity index (χ4n) is 0.955. The van der Waals surface area contributed by atoms with Crippen molar-refractivity contribution in [1.29, 1.82) is 0 Å². The Morgan fingerprint density at radius 3 is 1.91 bits per heavy atom. The normalized spacial score (nSPS) is 15.1. The van der Waals surface area contributed by atoms with E-state index in [1.807, 2.05) is 0 Å². The van der Waals surface area contributed by atoms with E-state index in [0.717, 1.165) is 18.9 Å². The average molecular weight is 377 g/mol. The van der Waals surface area contributed by atoms with Crippen molar-refractivity contribution in [3.05, 3.63) is 7.40 Å². The first kappa shape index (κ1) is 7.96. The van der Waals surface area contributed by atoms with Gasteiger partial charge in [-0.3, -0.25) is 0 Å². The van der Waals surface area contributed by atoms with Crippen LogP contribution in [0.3, 0.4) is 0 Å². The summed E-state index contributed by atoms with van der Waals surface area (Å²) in [5.74, 6) is 1.72. The van der Waals surface area contributed by atoms with Crippen molar-refractivity contribution in [3.63, 3.8) is 0 Å². The summed E-state index contributed by atoms with van der Waals surface area (Å²) in [6, 6.07) is 0. The molecule has 5 heteroatoms. The predicted molar refractivity (Wildman–Crippen MR) is 57.2 cm³/mol. The SMILES string of the molecule is Ic1[nH]c(I)c2c1OCCO2. The Morgan fingerprint density at radius 2 is 1.45 bits per heavy atom. The van der Waals surface area contributed by atoms with Crippen LogP contribution < -0.4 is 9.47 Å². The summed E-state index contributed by atoms with van der Waals surface area (Å²) >= 11 is 4.40. The van der Waals surface area contributed by atoms with Crippen LogP contribution in [0, 0.1) is 7.40 Å². The van der Waals surface area contributed by atoms with Gasteiger partial charge in [0.15, 0.2) is 11.5 Å². The van der Waals surface area contributed by atoms with Gasteiger partial charge in [0.2, 0.25) is 0 Å². The van der Waals surface area contributed by atoms with E-state index in [1.54, 1.807) is 0 Å². The molecule has 0 radical (unpaired) electrons. The molecule has 0 aromatic carbocycles. The standard InChI is InChI=1S/C6H5I2NO2/c7-5-3-4(6(8)9-5)11-2-1-10-3/h9H,1-2H2. The smallest absolute Gasteiger partial charge is 0.193 e. The molecule has 0 saturated heterocycles. The third kappa shape index (κ3) is 1.32. The van der Waals surface area contributed by atoms with E-state index in [4.69, 9.17) is 9.47 Å². The molecule has 0 aliphatic carbocycles. The second-order valence-corrected chi connectivity index (χ2v) is 4.27. The molecule has 2 heterocycles. The van der Waals surface area contributed by atoms with Gasteiger partial charge in [-0.25, -0.2) is 0 Å². The maximum absolute atomic E-state index is 5.41. The van der Waals surface area contributed by atoms with Gasteiger partial charge in [0, 0.05) is 0 Å². The quantitative estimate of drug-likeness (QED) is 0.703. The molecule has 11 heavy (non-hydrogen) atoms. The van der Waals surface area contributed by atoms with Gasteiger partial charge in [0.05, 0.1) is 0 Å². The zero-order valence-corrected chi connectivity index (χ0v) is 9.80. The van der Waals surface area contributed by atoms with Gasteiger partial charge in [0.1, 0.15) is 20.6 Å². The Morgan fingerprint density at radius 1 is 1.00 bits per heavy atom. The number of hydrogen-bond donors (Lipinski definition) is 1. The summed E-state index contributed by atoms with van der Waals surface area (Å²) in [4.78, 5) is 3.14. The van der Waals surface area contributed by atoms with Gasteiger partial charge in [-0.15, -0.1) is 0 Å². The average Bonchev–Trinajstić information content (AvgIpc) is 2.30. The van der Waals surface area contributed by atoms with Gasteiger partial charge in [-0.2, -0.15) is 0 Å². The minimum absolute atomic E-state index is 0.650. The van der Waals surface area contributed by atoms with Crippen molar-refractivity contribution in [2.75, 3.05) is 13.2 Å². The molecular formula is C6H5I2NO2. The molecular weight excluding hydrogens is 372 g/mol. The lowest BCUT2D eigenvalue weighted by molar-refractivity contribution is 0.171. The van der Waals surface area contributed by atoms with Crippen LogP contribution in [0.15, 0.2) is 0 Å². The molecule has 1 aliphatic rings. The van der Waals surface area contributed by atoms with Crippen molar-refractivity contribution in [3.8, 4) is 11.5 Å². The molecule has 1 N–H and O–H groups in total. The first-order chi connectivity index (χ1) is 5.29. The molecule has 0 amide bonds. The van der Waals surface area contributed by atoms with E-state index in [2.05, 4.69) is 50.2 Å². The first-order valence-electron chi connectivity index (χ1n) is 3.11. The van der Waals surface area contributed by atoms with Crippen LogP contribution in [-0.2, 0) is 0 Å². The summed E-state index contributed by atoms with van der Waals surface area (Å²) in [6.07, 6.45) is 0. The lowest BCUT2D eigenvalue weighted by atomic mass is 10.5. The lowest BCUT2D eigenvalue weighted by Gasteiger charge is -2.14. The van der Waals surface area contributed by atoms with Gasteiger partial charge in [-0.1, -0.05) is 0 Å². The highest BCUT2D eigenvalue weighted by Crippen LogP contribution is 2.38. The number of halogens is 2. The van der Waals surface area contributed by atoms with E-state index in [1.165, 1.54) is 0 Å². The van der Waals surface area contributed by atoms with E-state index < -0.39 is 0 Å². The van der Waals surface area contributed by atoms with Gasteiger partial charge in [-0.05, 0) is 45.2 Å². The highest BCUT2D eigenvalue weighted by atomic mass is 127. The number of rotatable bonds is 0. The second kappa shape index (κ2) is 3.00. The van der Waals surface area contributed by atoms with Crippen molar-refractivity contribution in [2.45, 2.75) is 0 Å². The fraction of sp³-hybridized carbons (Fsp3) is 0.333. The molecule has 0 bridgehead atoms. The highest BCUT2D eigenvalue weighted by Gasteiger charge is 2.20. The van der Waals surface area contributed by atoms with Crippen molar-refractivity contribution >= 4 is 45.2 Å². The Bertz CT molecular complexity index is 258. The van der Waals surface area contributed by atoms with Crippen molar-refractivity contribution < 1.29 is 9.47 Å². The number of fused-ring (bicyclic) bond motifs is 1. The van der Waals surface area contributed by atoms with Gasteiger partial charge >= 0.3 is 0 Å². The van der Waals surface area contributed by atoms with E-state index in [9.17, 15) is 0 Å². The Labute approximate surface area is 91.1 Å². The lowest BCUT2D eigenvalue weighted by Crippen LogP contribution is -2.14. The van der Waals surface area contributed by atoms with Crippen LogP contribution in [-0.4, -0.2) is 18.2 Å². The molecule has 1 aliphatic heterocycles. The highest BCUT2D eigenvalue weighted by molar-refractivity contribution is 14.1. The minimum Gasteiger partial charge on any atom is -0.484 e. The maximum atomic E-state index is 5.41. The van der Waals surface area contributed by atoms with E-state index in [-0.39, 0.29) is 0 Å². The van der Waals surface area contributed by atoms with Crippen LogP contribution in [0.4, 0.5) is 0 Å². The largest absolute Gasteiger partial charge is 0.484 e. The molecule has 0 fully saturated rings. The van der Waals surface area contributed by atoms with Gasteiger partial charge in [0.25, 0.3) is 0 Å². The van der Waals surface area contributed by atoms with Crippen LogP contribution in [0.25, 0.3) is 0 Å². The number of ether oxygens (including phenoxy) is 2. The number of nitrogens with one attached hydrogen (secondary N) is 1. The zero-order chi connectivity index (χ0) is 7.84. The summed E-state index contributed by atoms with van der Waals surface area (Å²) in [5, 5.41) is 0. The molecule has 1 aromatic rings. The van der Waals surface area contributed by atoms with Crippen molar-refractivity contribution in [1.82, 2.24) is 4.98 Å². The predicted octanol–water partition coefficient (Wildman–Crippen LogP) is 2.00. The minimum atomic E-state index is 0.650. The van der Waals surface area contributed by atoms with Crippen LogP contribution in [0.2, 0.25) is 0 Å². The molecule has 0 saturated carbocycles. The van der Waals surface area contributed by atoms with Gasteiger partial charge < -0.3 is 14.5 Å². The molecule has 3 nitrogen and oxygen atoms in total. The zero-order valence-electron chi connectivity index (χ0n) is 5.49. The molecule has 0 unspecified atom stereocenters. The third-order valence-corrected chi connectivity index (χ3v) is 2.92. The Kier molecular flexibility index (Phi) is 2.17. The number of aromatic nitrogens is 1. The van der Waals surface area contributed by atoms with Crippen LogP contribution in [0.5, 0.6) is 11.5 Å². The number of H-pyrrole nitrogens is 1. The monoisotopic (exact) mass is 377 g/mol. The number of hydrogen-bond acceptors (Lipinski definition) is 2. The summed E-state index contributed by atoms with van der Waals surface area (Å²) in [7, 11) is 0. The molecule has 2 rings (SSSR count). The third-order valence-electron chi connectivity index (χ3n) is 1.40. The second-order valence-electron chi connectivity index (χ2n) is 2.11. The van der Waals surface area contributed by atoms with E-state index >= 15 is 0 Å². The van der Waals surface area contributed by atoms with E-state index in [0.29, 0.717) is 13.2 Å². The van der Waals surface area contributed by atoms with Crippen LogP contribution >= 0.6 is 45.2 Å². The molecule has 0 spiro atoms. The topological polar surface area (TPSA) is 34.2 Å². The molecule has 0 atom stereocenters. The van der Waals surface area contributed by atoms with Crippen molar-refractivity contribution in [2.24, 2.45) is 0 Å². The Balaban J connectivity index is 2.52. The molecule has 1 aromatic heterocycles. The number of aromatic amines is 1. The summed E-state index contributed by atoms with van der Waals surface area (Å²) in [6.45, 7) is 1.30. The van der Waals surface area contributed by atoms with Crippen LogP contribution in [0.1, 0.15) is 0 Å². The summed E-state index contributed by atoms with van der Waals surface area (Å²) in [5.41, 5.74) is 0. The molecule has 60 valence electrons. The summed E-state index contributed by atoms with van der Waals surface area (Å²) < 4.78 is 12.8. The maximum Gasteiger partial charge on any atom is 0.193 e. The Hall–Kier alpha value is 0.340.